The third-order valence-electron chi connectivity index (χ3n) is 4.40. The highest BCUT2D eigenvalue weighted by Crippen LogP contribution is 2.30. The van der Waals surface area contributed by atoms with Crippen molar-refractivity contribution in [2.45, 2.75) is 0 Å². The molecule has 3 aromatic rings. The van der Waals surface area contributed by atoms with Gasteiger partial charge in [-0.2, -0.15) is 0 Å². The van der Waals surface area contributed by atoms with Gasteiger partial charge in [-0.15, -0.1) is 0 Å². The van der Waals surface area contributed by atoms with E-state index in [1.165, 1.54) is 43.9 Å². The molecule has 0 fully saturated rings. The second-order valence-corrected chi connectivity index (χ2v) is 6.52. The van der Waals surface area contributed by atoms with E-state index in [2.05, 4.69) is 11.3 Å². The molecule has 168 valence electrons. The Balaban J connectivity index is 1.70. The van der Waals surface area contributed by atoms with Crippen LogP contribution in [0.5, 0.6) is 11.5 Å². The summed E-state index contributed by atoms with van der Waals surface area (Å²) in [4.78, 5) is 10.9. The van der Waals surface area contributed by atoms with Gasteiger partial charge in [0.05, 0.1) is 7.11 Å². The zero-order valence-electron chi connectivity index (χ0n) is 17.7. The highest BCUT2D eigenvalue weighted by molar-refractivity contribution is 5.81. The zero-order chi connectivity index (χ0) is 23.6. The monoisotopic (exact) mass is 450 g/mol. The Morgan fingerprint density at radius 2 is 1.18 bits per heavy atom. The van der Waals surface area contributed by atoms with E-state index in [0.29, 0.717) is 11.1 Å². The number of carbonyl (C=O) groups excluding carboxylic acids is 1. The quantitative estimate of drug-likeness (QED) is 0.215. The number of ether oxygens (including phenoxy) is 4. The Bertz CT molecular complexity index is 1180. The molecule has 0 saturated heterocycles. The van der Waals surface area contributed by atoms with Gasteiger partial charge in [0.15, 0.2) is 23.1 Å². The van der Waals surface area contributed by atoms with Crippen LogP contribution in [0.4, 0.5) is 8.78 Å². The molecule has 7 heteroatoms. The zero-order valence-corrected chi connectivity index (χ0v) is 17.7. The predicted molar refractivity (Wildman–Crippen MR) is 120 cm³/mol. The number of methoxy groups -OCH3 is 1. The Morgan fingerprint density at radius 3 is 1.61 bits per heavy atom. The van der Waals surface area contributed by atoms with Crippen LogP contribution >= 0.6 is 0 Å². The van der Waals surface area contributed by atoms with E-state index in [4.69, 9.17) is 14.2 Å². The molecule has 0 saturated carbocycles. The predicted octanol–water partition coefficient (Wildman–Crippen LogP) is 6.37. The Labute approximate surface area is 189 Å². The van der Waals surface area contributed by atoms with Gasteiger partial charge >= 0.3 is 5.97 Å². The minimum atomic E-state index is -0.652. The molecule has 3 aromatic carbocycles. The van der Waals surface area contributed by atoms with Gasteiger partial charge in [0.25, 0.3) is 0 Å². The molecule has 0 atom stereocenters. The van der Waals surface area contributed by atoms with Gasteiger partial charge in [0, 0.05) is 6.08 Å². The van der Waals surface area contributed by atoms with E-state index in [1.54, 1.807) is 12.1 Å². The van der Waals surface area contributed by atoms with Gasteiger partial charge in [-0.3, -0.25) is 0 Å². The molecule has 0 N–H and O–H groups in total. The second-order valence-electron chi connectivity index (χ2n) is 6.52. The standard InChI is InChI=1S/C26H20F2O5/c1-3-26(29)33-15-14-32-25-11-9-21(17-23(25)28)19-6-4-18(5-7-19)20-8-10-24(22(27)16-20)31-13-12-30-2/h3-17H,1H2,2H3/b13-12-,15-14-. The van der Waals surface area contributed by atoms with Crippen molar-refractivity contribution >= 4 is 5.97 Å². The fourth-order valence-corrected chi connectivity index (χ4v) is 2.81. The summed E-state index contributed by atoms with van der Waals surface area (Å²) >= 11 is 0. The Hall–Kier alpha value is -4.39. The van der Waals surface area contributed by atoms with Crippen LogP contribution in [0.3, 0.4) is 0 Å². The summed E-state index contributed by atoms with van der Waals surface area (Å²) in [6.07, 6.45) is 5.58. The smallest absolute Gasteiger partial charge is 0.335 e. The minimum Gasteiger partial charge on any atom is -0.501 e. The first-order chi connectivity index (χ1) is 16.0. The van der Waals surface area contributed by atoms with Crippen molar-refractivity contribution in [3.8, 4) is 33.8 Å². The fraction of sp³-hybridized carbons (Fsp3) is 0.0385. The summed E-state index contributed by atoms with van der Waals surface area (Å²) in [5.41, 5.74) is 2.86. The lowest BCUT2D eigenvalue weighted by Gasteiger charge is -2.08. The topological polar surface area (TPSA) is 54.0 Å². The Morgan fingerprint density at radius 1 is 0.727 bits per heavy atom. The summed E-state index contributed by atoms with van der Waals surface area (Å²) in [5.74, 6) is -1.70. The molecular formula is C26H20F2O5. The van der Waals surface area contributed by atoms with Crippen molar-refractivity contribution in [3.63, 3.8) is 0 Å². The van der Waals surface area contributed by atoms with Gasteiger partial charge in [-0.25, -0.2) is 13.6 Å². The van der Waals surface area contributed by atoms with E-state index in [-0.39, 0.29) is 11.5 Å². The maximum absolute atomic E-state index is 14.4. The average molecular weight is 450 g/mol. The third kappa shape index (κ3) is 6.30. The molecule has 0 heterocycles. The SMILES string of the molecule is C=CC(=O)O/C=C\Oc1ccc(-c2ccc(-c3ccc(O/C=C\OC)c(F)c3)cc2)cc1F. The normalized spacial score (nSPS) is 10.9. The van der Waals surface area contributed by atoms with Crippen LogP contribution in [0.15, 0.2) is 98.4 Å². The van der Waals surface area contributed by atoms with E-state index in [1.807, 2.05) is 24.3 Å². The molecule has 33 heavy (non-hydrogen) atoms. The fourth-order valence-electron chi connectivity index (χ4n) is 2.81. The number of halogens is 2. The van der Waals surface area contributed by atoms with Crippen LogP contribution in [0, 0.1) is 11.6 Å². The summed E-state index contributed by atoms with van der Waals surface area (Å²) in [6.45, 7) is 3.26. The maximum atomic E-state index is 14.4. The molecule has 0 amide bonds. The molecule has 3 rings (SSSR count). The number of carbonyl (C=O) groups is 1. The summed E-state index contributed by atoms with van der Waals surface area (Å²) in [5, 5.41) is 0. The summed E-state index contributed by atoms with van der Waals surface area (Å²) in [7, 11) is 1.46. The Kier molecular flexibility index (Phi) is 7.96. The lowest BCUT2D eigenvalue weighted by atomic mass is 10.00. The van der Waals surface area contributed by atoms with Crippen molar-refractivity contribution in [3.05, 3.63) is 110 Å². The largest absolute Gasteiger partial charge is 0.501 e. The maximum Gasteiger partial charge on any atom is 0.335 e. The van der Waals surface area contributed by atoms with Gasteiger partial charge in [0.1, 0.15) is 25.0 Å². The highest BCUT2D eigenvalue weighted by Gasteiger charge is 2.08. The van der Waals surface area contributed by atoms with Gasteiger partial charge in [-0.1, -0.05) is 43.0 Å². The summed E-state index contributed by atoms with van der Waals surface area (Å²) in [6, 6.07) is 16.4. The van der Waals surface area contributed by atoms with E-state index >= 15 is 0 Å². The van der Waals surface area contributed by atoms with Crippen molar-refractivity contribution in [1.29, 1.82) is 0 Å². The molecule has 0 aliphatic heterocycles. The molecule has 0 aromatic heterocycles. The number of hydrogen-bond donors (Lipinski definition) is 0. The van der Waals surface area contributed by atoms with E-state index < -0.39 is 17.6 Å². The van der Waals surface area contributed by atoms with Crippen molar-refractivity contribution in [1.82, 2.24) is 0 Å². The van der Waals surface area contributed by atoms with Crippen LogP contribution in [0.25, 0.3) is 22.3 Å². The van der Waals surface area contributed by atoms with E-state index in [0.717, 1.165) is 29.7 Å². The molecule has 0 unspecified atom stereocenters. The third-order valence-corrected chi connectivity index (χ3v) is 4.40. The second kappa shape index (κ2) is 11.3. The molecule has 5 nitrogen and oxygen atoms in total. The number of benzene rings is 3. The molecule has 0 bridgehead atoms. The lowest BCUT2D eigenvalue weighted by molar-refractivity contribution is -0.132. The van der Waals surface area contributed by atoms with Gasteiger partial charge in [-0.05, 0) is 46.5 Å². The van der Waals surface area contributed by atoms with Crippen LogP contribution in [0.1, 0.15) is 0 Å². The first-order valence-electron chi connectivity index (χ1n) is 9.71. The van der Waals surface area contributed by atoms with Crippen LogP contribution < -0.4 is 9.47 Å². The van der Waals surface area contributed by atoms with E-state index in [9.17, 15) is 13.6 Å². The number of hydrogen-bond acceptors (Lipinski definition) is 5. The minimum absolute atomic E-state index is 0.0283. The molecule has 0 aliphatic rings. The highest BCUT2D eigenvalue weighted by atomic mass is 19.1. The van der Waals surface area contributed by atoms with Gasteiger partial charge < -0.3 is 18.9 Å². The molecule has 0 spiro atoms. The summed E-state index contributed by atoms with van der Waals surface area (Å²) < 4.78 is 48.2. The lowest BCUT2D eigenvalue weighted by Crippen LogP contribution is -1.94. The molecular weight excluding hydrogens is 430 g/mol. The molecule has 0 aliphatic carbocycles. The average Bonchev–Trinajstić information content (AvgIpc) is 2.83. The number of esters is 1. The van der Waals surface area contributed by atoms with Crippen LogP contribution in [-0.4, -0.2) is 13.1 Å². The van der Waals surface area contributed by atoms with Crippen LogP contribution in [-0.2, 0) is 14.3 Å². The van der Waals surface area contributed by atoms with Crippen LogP contribution in [0.2, 0.25) is 0 Å². The van der Waals surface area contributed by atoms with Crippen molar-refractivity contribution < 1.29 is 32.5 Å². The first kappa shape index (κ1) is 23.3. The first-order valence-corrected chi connectivity index (χ1v) is 9.71. The van der Waals surface area contributed by atoms with Crippen molar-refractivity contribution in [2.24, 2.45) is 0 Å². The van der Waals surface area contributed by atoms with Gasteiger partial charge in [0.2, 0.25) is 0 Å². The van der Waals surface area contributed by atoms with Crippen molar-refractivity contribution in [2.75, 3.05) is 7.11 Å². The molecule has 0 radical (unpaired) electrons. The number of rotatable bonds is 9.